The lowest BCUT2D eigenvalue weighted by molar-refractivity contribution is -0.259. The number of pyridine rings is 2. The zero-order chi connectivity index (χ0) is 25.3. The van der Waals surface area contributed by atoms with Gasteiger partial charge in [-0.25, -0.2) is 13.4 Å². The van der Waals surface area contributed by atoms with Gasteiger partial charge in [-0.3, -0.25) is 4.98 Å². The minimum absolute atomic E-state index is 0.0151. The predicted molar refractivity (Wildman–Crippen MR) is 118 cm³/mol. The van der Waals surface area contributed by atoms with Crippen LogP contribution in [0.5, 0.6) is 0 Å². The summed E-state index contributed by atoms with van der Waals surface area (Å²) in [5.74, 6) is 5.18. The molecule has 0 aliphatic heterocycles. The Bertz CT molecular complexity index is 1360. The van der Waals surface area contributed by atoms with Gasteiger partial charge in [0, 0.05) is 23.5 Å². The molecule has 3 aromatic rings. The van der Waals surface area contributed by atoms with Crippen LogP contribution < -0.4 is 5.73 Å². The molecule has 0 radical (unpaired) electrons. The van der Waals surface area contributed by atoms with Crippen molar-refractivity contribution in [2.45, 2.75) is 41.5 Å². The molecule has 0 saturated carbocycles. The lowest BCUT2D eigenvalue weighted by atomic mass is 9.94. The number of nitrogen functional groups attached to an aromatic ring is 1. The maximum Gasteiger partial charge on any atom is 0.421 e. The molecule has 2 heterocycles. The van der Waals surface area contributed by atoms with Gasteiger partial charge in [-0.15, -0.1) is 0 Å². The first-order valence-electron chi connectivity index (χ1n) is 9.80. The molecule has 34 heavy (non-hydrogen) atoms. The molecule has 0 spiro atoms. The Balaban J connectivity index is 2.07. The third kappa shape index (κ3) is 5.04. The molecule has 0 amide bonds. The van der Waals surface area contributed by atoms with Crippen molar-refractivity contribution < 1.29 is 31.8 Å². The van der Waals surface area contributed by atoms with Gasteiger partial charge in [-0.05, 0) is 44.2 Å². The second-order valence-electron chi connectivity index (χ2n) is 7.58. The summed E-state index contributed by atoms with van der Waals surface area (Å²) in [5, 5.41) is 19.5. The zero-order valence-corrected chi connectivity index (χ0v) is 18.8. The highest BCUT2D eigenvalue weighted by atomic mass is 32.2. The number of sulfone groups is 1. The minimum atomic E-state index is -4.96. The summed E-state index contributed by atoms with van der Waals surface area (Å²) in [5.41, 5.74) is 2.31. The Hall–Kier alpha value is -3.46. The smallest absolute Gasteiger partial charge is 0.384 e. The van der Waals surface area contributed by atoms with E-state index in [1.807, 2.05) is 0 Å². The van der Waals surface area contributed by atoms with Crippen LogP contribution in [0.4, 0.5) is 19.0 Å². The van der Waals surface area contributed by atoms with E-state index in [2.05, 4.69) is 21.8 Å². The Morgan fingerprint density at radius 3 is 2.18 bits per heavy atom. The monoisotopic (exact) mass is 491 g/mol. The van der Waals surface area contributed by atoms with Gasteiger partial charge < -0.3 is 15.9 Å². The van der Waals surface area contributed by atoms with Crippen LogP contribution in [0.3, 0.4) is 0 Å². The van der Waals surface area contributed by atoms with Gasteiger partial charge >= 0.3 is 6.18 Å². The van der Waals surface area contributed by atoms with Crippen LogP contribution >= 0.6 is 0 Å². The molecule has 0 bridgehead atoms. The number of aromatic nitrogens is 2. The molecule has 1 aromatic carbocycles. The summed E-state index contributed by atoms with van der Waals surface area (Å²) in [7, 11) is -3.89. The molecule has 178 valence electrons. The Labute approximate surface area is 194 Å². The van der Waals surface area contributed by atoms with Crippen LogP contribution in [-0.4, -0.2) is 40.9 Å². The fourth-order valence-electron chi connectivity index (χ4n) is 2.88. The molecule has 7 nitrogen and oxygen atoms in total. The first-order valence-corrected chi connectivity index (χ1v) is 11.3. The molecule has 2 atom stereocenters. The lowest BCUT2D eigenvalue weighted by Gasteiger charge is -2.26. The van der Waals surface area contributed by atoms with Gasteiger partial charge in [0.25, 0.3) is 0 Å². The summed E-state index contributed by atoms with van der Waals surface area (Å²) in [6.45, 7) is 1.98. The Morgan fingerprint density at radius 1 is 1.03 bits per heavy atom. The number of nitrogens with zero attached hydrogens (tertiary/aromatic N) is 2. The summed E-state index contributed by atoms with van der Waals surface area (Å²) in [6.07, 6.45) is -4.02. The largest absolute Gasteiger partial charge is 0.421 e. The second-order valence-corrected chi connectivity index (χ2v) is 9.53. The van der Waals surface area contributed by atoms with Crippen molar-refractivity contribution in [3.8, 4) is 23.1 Å². The average molecular weight is 491 g/mol. The van der Waals surface area contributed by atoms with Crippen molar-refractivity contribution in [3.05, 3.63) is 66.0 Å². The number of nitrogens with two attached hydrogens (primary N) is 1. The van der Waals surface area contributed by atoms with E-state index in [0.717, 1.165) is 18.5 Å². The summed E-state index contributed by atoms with van der Waals surface area (Å²) in [4.78, 5) is 7.72. The maximum atomic E-state index is 13.3. The maximum absolute atomic E-state index is 13.3. The number of rotatable bonds is 4. The molecule has 0 saturated heterocycles. The second kappa shape index (κ2) is 9.06. The molecular formula is C23H20F3N3O4S. The van der Waals surface area contributed by atoms with Crippen LogP contribution in [0.1, 0.15) is 25.0 Å². The highest BCUT2D eigenvalue weighted by molar-refractivity contribution is 7.91. The normalized spacial score (nSPS) is 14.6. The van der Waals surface area contributed by atoms with Crippen LogP contribution in [0, 0.1) is 11.8 Å². The summed E-state index contributed by atoms with van der Waals surface area (Å²) in [6, 6.07) is 9.20. The number of halogens is 3. The van der Waals surface area contributed by atoms with Crippen LogP contribution in [0.25, 0.3) is 11.3 Å². The van der Waals surface area contributed by atoms with E-state index in [4.69, 9.17) is 5.73 Å². The molecule has 0 aliphatic rings. The molecule has 0 unspecified atom stereocenters. The van der Waals surface area contributed by atoms with Crippen molar-refractivity contribution in [3.63, 3.8) is 0 Å². The number of aliphatic hydroxyl groups is 2. The van der Waals surface area contributed by atoms with E-state index in [0.29, 0.717) is 12.5 Å². The molecule has 2 aromatic heterocycles. The topological polar surface area (TPSA) is 126 Å². The minimum Gasteiger partial charge on any atom is -0.384 e. The molecule has 4 N–H and O–H groups in total. The fourth-order valence-corrected chi connectivity index (χ4v) is 4.09. The van der Waals surface area contributed by atoms with Gasteiger partial charge in [-0.2, -0.15) is 13.2 Å². The van der Waals surface area contributed by atoms with Crippen LogP contribution in [-0.2, 0) is 15.4 Å². The van der Waals surface area contributed by atoms with Gasteiger partial charge in [0.15, 0.2) is 5.60 Å². The highest BCUT2D eigenvalue weighted by Crippen LogP contribution is 2.39. The van der Waals surface area contributed by atoms with E-state index in [1.54, 1.807) is 0 Å². The molecule has 0 aliphatic carbocycles. The molecular weight excluding hydrogens is 471 g/mol. The highest BCUT2D eigenvalue weighted by Gasteiger charge is 2.51. The van der Waals surface area contributed by atoms with E-state index in [9.17, 15) is 31.8 Å². The number of anilines is 1. The number of hydrogen-bond donors (Lipinski definition) is 3. The molecule has 3 rings (SSSR count). The summed E-state index contributed by atoms with van der Waals surface area (Å²) >= 11 is 0. The van der Waals surface area contributed by atoms with Gasteiger partial charge in [0.1, 0.15) is 11.9 Å². The first kappa shape index (κ1) is 25.2. The fraction of sp³-hybridized carbons (Fsp3) is 0.217. The zero-order valence-electron chi connectivity index (χ0n) is 18.0. The lowest BCUT2D eigenvalue weighted by Crippen LogP contribution is -2.39. The predicted octanol–water partition coefficient (Wildman–Crippen LogP) is 3.06. The number of benzene rings is 1. The van der Waals surface area contributed by atoms with Crippen molar-refractivity contribution in [2.75, 3.05) is 5.73 Å². The van der Waals surface area contributed by atoms with E-state index in [-0.39, 0.29) is 26.9 Å². The average Bonchev–Trinajstić information content (AvgIpc) is 2.77. The van der Waals surface area contributed by atoms with Crippen molar-refractivity contribution in [1.29, 1.82) is 0 Å². The van der Waals surface area contributed by atoms with Crippen molar-refractivity contribution in [2.24, 2.45) is 0 Å². The van der Waals surface area contributed by atoms with E-state index >= 15 is 0 Å². The first-order chi connectivity index (χ1) is 15.7. The van der Waals surface area contributed by atoms with Gasteiger partial charge in [0.2, 0.25) is 9.84 Å². The van der Waals surface area contributed by atoms with E-state index in [1.165, 1.54) is 43.3 Å². The SMILES string of the molecule is C[C@H](O)C#Cc1cc([C@](C)(O)C(F)(F)F)cnc1-c1ccc(S(=O)(=O)c2ccc(N)nc2)cc1. The quantitative estimate of drug-likeness (QED) is 0.479. The number of aliphatic hydroxyl groups excluding tert-OH is 1. The van der Waals surface area contributed by atoms with Gasteiger partial charge in [0.05, 0.1) is 21.0 Å². The third-order valence-electron chi connectivity index (χ3n) is 4.93. The molecule has 0 fully saturated rings. The van der Waals surface area contributed by atoms with Crippen LogP contribution in [0.2, 0.25) is 0 Å². The van der Waals surface area contributed by atoms with E-state index < -0.39 is 33.3 Å². The van der Waals surface area contributed by atoms with Gasteiger partial charge in [-0.1, -0.05) is 24.0 Å². The number of alkyl halides is 3. The summed E-state index contributed by atoms with van der Waals surface area (Å²) < 4.78 is 65.5. The third-order valence-corrected chi connectivity index (χ3v) is 6.68. The van der Waals surface area contributed by atoms with Crippen LogP contribution in [0.15, 0.2) is 64.6 Å². The van der Waals surface area contributed by atoms with Crippen molar-refractivity contribution >= 4 is 15.7 Å². The standard InChI is InChI=1S/C23H20F3N3O4S/c1-14(30)3-4-16-11-17(22(2,31)23(24,25)26)12-29-21(16)15-5-7-18(8-6-15)34(32,33)19-9-10-20(27)28-13-19/h5-14,30-31H,1-2H3,(H2,27,28)/t14-,22-/m0/s1. The molecule has 11 heteroatoms. The number of hydrogen-bond acceptors (Lipinski definition) is 7. The Kier molecular flexibility index (Phi) is 6.71. The van der Waals surface area contributed by atoms with Crippen molar-refractivity contribution in [1.82, 2.24) is 9.97 Å². The Morgan fingerprint density at radius 2 is 1.65 bits per heavy atom.